The van der Waals surface area contributed by atoms with Crippen LogP contribution < -0.4 is 11.2 Å². The molecule has 0 aromatic carbocycles. The molecule has 17 heavy (non-hydrogen) atoms. The van der Waals surface area contributed by atoms with Gasteiger partial charge in [0.15, 0.2) is 17.8 Å². The maximum atomic E-state index is 11.7. The number of carbonyl (C=O) groups excluding carboxylic acids is 1. The fourth-order valence-electron chi connectivity index (χ4n) is 1.65. The average molecular weight is 236 g/mol. The monoisotopic (exact) mass is 236 g/mol. The summed E-state index contributed by atoms with van der Waals surface area (Å²) >= 11 is 0. The highest BCUT2D eigenvalue weighted by atomic mass is 16.2. The smallest absolute Gasteiger partial charge is 0.330 e. The standard InChI is InChI=1S/C10H12N4O3/c1-5(2)3-14-8-7(9(16)13-10(14)17)11-6(4-15)12-8/h4-5H,3H2,1-2H3,(H,11,12)(H,13,16,17). The second kappa shape index (κ2) is 4.00. The normalized spacial score (nSPS) is 11.2. The molecule has 7 heteroatoms. The van der Waals surface area contributed by atoms with Crippen molar-refractivity contribution < 1.29 is 4.79 Å². The van der Waals surface area contributed by atoms with Gasteiger partial charge in [0.2, 0.25) is 0 Å². The van der Waals surface area contributed by atoms with E-state index in [4.69, 9.17) is 0 Å². The third-order valence-corrected chi connectivity index (χ3v) is 2.31. The summed E-state index contributed by atoms with van der Waals surface area (Å²) in [7, 11) is 0. The molecular formula is C10H12N4O3. The molecule has 0 aliphatic carbocycles. The molecule has 0 saturated carbocycles. The van der Waals surface area contributed by atoms with E-state index in [0.29, 0.717) is 12.8 Å². The summed E-state index contributed by atoms with van der Waals surface area (Å²) in [5.41, 5.74) is -0.715. The molecular weight excluding hydrogens is 224 g/mol. The van der Waals surface area contributed by atoms with Crippen molar-refractivity contribution in [2.75, 3.05) is 0 Å². The molecule has 0 spiro atoms. The zero-order valence-electron chi connectivity index (χ0n) is 9.48. The number of aromatic amines is 2. The number of carbonyl (C=O) groups is 1. The zero-order chi connectivity index (χ0) is 12.6. The molecule has 0 radical (unpaired) electrons. The SMILES string of the molecule is CC(C)Cn1c(=O)[nH]c(=O)c2[nH]c(C=O)nc21. The van der Waals surface area contributed by atoms with Crippen LogP contribution in [0.4, 0.5) is 0 Å². The molecule has 0 amide bonds. The van der Waals surface area contributed by atoms with E-state index in [2.05, 4.69) is 15.0 Å². The molecule has 0 saturated heterocycles. The highest BCUT2D eigenvalue weighted by molar-refractivity contribution is 5.78. The molecule has 0 aliphatic heterocycles. The van der Waals surface area contributed by atoms with Crippen molar-refractivity contribution in [3.05, 3.63) is 26.7 Å². The van der Waals surface area contributed by atoms with Crippen LogP contribution in [0.2, 0.25) is 0 Å². The van der Waals surface area contributed by atoms with Crippen molar-refractivity contribution in [3.63, 3.8) is 0 Å². The van der Waals surface area contributed by atoms with Crippen molar-refractivity contribution >= 4 is 17.5 Å². The molecule has 0 atom stereocenters. The number of hydrogen-bond acceptors (Lipinski definition) is 4. The number of H-pyrrole nitrogens is 2. The van der Waals surface area contributed by atoms with Crippen LogP contribution in [0.15, 0.2) is 9.59 Å². The van der Waals surface area contributed by atoms with Crippen LogP contribution >= 0.6 is 0 Å². The van der Waals surface area contributed by atoms with Crippen molar-refractivity contribution in [3.8, 4) is 0 Å². The number of fused-ring (bicyclic) bond motifs is 1. The molecule has 90 valence electrons. The Balaban J connectivity index is 2.81. The number of rotatable bonds is 3. The Bertz CT molecular complexity index is 677. The second-order valence-corrected chi connectivity index (χ2v) is 4.20. The van der Waals surface area contributed by atoms with Crippen LogP contribution in [-0.2, 0) is 6.54 Å². The van der Waals surface area contributed by atoms with E-state index in [-0.39, 0.29) is 22.9 Å². The average Bonchev–Trinajstić information content (AvgIpc) is 2.68. The number of hydrogen-bond donors (Lipinski definition) is 2. The fraction of sp³-hybridized carbons (Fsp3) is 0.400. The number of nitrogens with zero attached hydrogens (tertiary/aromatic N) is 2. The molecule has 0 aliphatic rings. The lowest BCUT2D eigenvalue weighted by atomic mass is 10.2. The van der Waals surface area contributed by atoms with Crippen molar-refractivity contribution in [2.24, 2.45) is 5.92 Å². The quantitative estimate of drug-likeness (QED) is 0.725. The Kier molecular flexibility index (Phi) is 2.66. The lowest BCUT2D eigenvalue weighted by molar-refractivity contribution is 0.111. The fourth-order valence-corrected chi connectivity index (χ4v) is 1.65. The van der Waals surface area contributed by atoms with Gasteiger partial charge in [-0.15, -0.1) is 0 Å². The van der Waals surface area contributed by atoms with Gasteiger partial charge in [0.1, 0.15) is 5.52 Å². The Hall–Kier alpha value is -2.18. The summed E-state index contributed by atoms with van der Waals surface area (Å²) in [6.45, 7) is 4.31. The van der Waals surface area contributed by atoms with Gasteiger partial charge in [-0.25, -0.2) is 9.78 Å². The van der Waals surface area contributed by atoms with E-state index in [0.717, 1.165) is 0 Å². The first-order chi connectivity index (χ1) is 8.02. The maximum Gasteiger partial charge on any atom is 0.330 e. The molecule has 2 N–H and O–H groups in total. The molecule has 0 unspecified atom stereocenters. The lowest BCUT2D eigenvalue weighted by Crippen LogP contribution is -2.31. The van der Waals surface area contributed by atoms with Crippen LogP contribution in [0.3, 0.4) is 0 Å². The van der Waals surface area contributed by atoms with Gasteiger partial charge in [0, 0.05) is 6.54 Å². The first-order valence-electron chi connectivity index (χ1n) is 5.21. The molecule has 7 nitrogen and oxygen atoms in total. The van der Waals surface area contributed by atoms with Gasteiger partial charge in [-0.3, -0.25) is 19.1 Å². The molecule has 2 aromatic heterocycles. The molecule has 2 heterocycles. The topological polar surface area (TPSA) is 101 Å². The van der Waals surface area contributed by atoms with Crippen LogP contribution in [-0.4, -0.2) is 25.8 Å². The van der Waals surface area contributed by atoms with E-state index in [1.807, 2.05) is 13.8 Å². The van der Waals surface area contributed by atoms with Gasteiger partial charge in [-0.2, -0.15) is 0 Å². The van der Waals surface area contributed by atoms with Crippen LogP contribution in [0.5, 0.6) is 0 Å². The predicted molar refractivity (Wildman–Crippen MR) is 61.2 cm³/mol. The van der Waals surface area contributed by atoms with E-state index in [1.54, 1.807) is 0 Å². The Labute approximate surface area is 95.5 Å². The van der Waals surface area contributed by atoms with Crippen molar-refractivity contribution in [1.82, 2.24) is 19.5 Å². The van der Waals surface area contributed by atoms with Gasteiger partial charge >= 0.3 is 5.69 Å². The first kappa shape index (κ1) is 11.3. The Morgan fingerprint density at radius 3 is 2.65 bits per heavy atom. The predicted octanol–water partition coefficient (Wildman–Crippen LogP) is -0.119. The van der Waals surface area contributed by atoms with E-state index in [1.165, 1.54) is 4.57 Å². The lowest BCUT2D eigenvalue weighted by Gasteiger charge is -2.07. The highest BCUT2D eigenvalue weighted by Gasteiger charge is 2.13. The number of nitrogens with one attached hydrogen (secondary N) is 2. The Morgan fingerprint density at radius 1 is 1.35 bits per heavy atom. The van der Waals surface area contributed by atoms with E-state index >= 15 is 0 Å². The van der Waals surface area contributed by atoms with E-state index < -0.39 is 11.2 Å². The summed E-state index contributed by atoms with van der Waals surface area (Å²) in [6.07, 6.45) is 0.504. The minimum atomic E-state index is -0.564. The minimum Gasteiger partial charge on any atom is -0.330 e. The van der Waals surface area contributed by atoms with E-state index in [9.17, 15) is 14.4 Å². The Morgan fingerprint density at radius 2 is 2.06 bits per heavy atom. The van der Waals surface area contributed by atoms with Gasteiger partial charge < -0.3 is 4.98 Å². The molecule has 0 bridgehead atoms. The van der Waals surface area contributed by atoms with Gasteiger partial charge in [0.25, 0.3) is 5.56 Å². The third kappa shape index (κ3) is 1.91. The molecule has 2 aromatic rings. The largest absolute Gasteiger partial charge is 0.330 e. The molecule has 0 fully saturated rings. The second-order valence-electron chi connectivity index (χ2n) is 4.20. The van der Waals surface area contributed by atoms with Gasteiger partial charge in [-0.1, -0.05) is 13.8 Å². The summed E-state index contributed by atoms with van der Waals surface area (Å²) in [4.78, 5) is 42.5. The first-order valence-corrected chi connectivity index (χ1v) is 5.21. The number of imidazole rings is 1. The van der Waals surface area contributed by atoms with Crippen molar-refractivity contribution in [1.29, 1.82) is 0 Å². The summed E-state index contributed by atoms with van der Waals surface area (Å²) < 4.78 is 1.35. The van der Waals surface area contributed by atoms with Gasteiger partial charge in [-0.05, 0) is 5.92 Å². The minimum absolute atomic E-state index is 0.0357. The van der Waals surface area contributed by atoms with Crippen LogP contribution in [0.25, 0.3) is 11.2 Å². The maximum absolute atomic E-state index is 11.7. The van der Waals surface area contributed by atoms with Crippen LogP contribution in [0, 0.1) is 5.92 Å². The summed E-state index contributed by atoms with van der Waals surface area (Å²) in [5.74, 6) is 0.256. The number of aromatic nitrogens is 4. The molecule has 2 rings (SSSR count). The number of aldehydes is 1. The van der Waals surface area contributed by atoms with Crippen molar-refractivity contribution in [2.45, 2.75) is 20.4 Å². The van der Waals surface area contributed by atoms with Crippen LogP contribution in [0.1, 0.15) is 24.5 Å². The zero-order valence-corrected chi connectivity index (χ0v) is 9.48. The third-order valence-electron chi connectivity index (χ3n) is 2.31. The highest BCUT2D eigenvalue weighted by Crippen LogP contribution is 2.06. The summed E-state index contributed by atoms with van der Waals surface area (Å²) in [5, 5.41) is 0. The van der Waals surface area contributed by atoms with Gasteiger partial charge in [0.05, 0.1) is 0 Å². The summed E-state index contributed by atoms with van der Waals surface area (Å²) in [6, 6.07) is 0.